The number of hydrogen-bond donors (Lipinski definition) is 2. The molecule has 2 heterocycles. The number of carbonyl (C=O) groups is 4. The highest BCUT2D eigenvalue weighted by Gasteiger charge is 2.22. The summed E-state index contributed by atoms with van der Waals surface area (Å²) in [4.78, 5) is 47.9. The minimum absolute atomic E-state index is 0.0683. The highest BCUT2D eigenvalue weighted by molar-refractivity contribution is 6.12. The van der Waals surface area contributed by atoms with E-state index in [1.54, 1.807) is 12.1 Å². The molecule has 0 unspecified atom stereocenters. The van der Waals surface area contributed by atoms with E-state index in [2.05, 4.69) is 25.8 Å². The maximum absolute atomic E-state index is 12.1. The van der Waals surface area contributed by atoms with Crippen LogP contribution >= 0.6 is 0 Å². The molecule has 0 saturated heterocycles. The van der Waals surface area contributed by atoms with Crippen molar-refractivity contribution < 1.29 is 61.7 Å². The number of aromatic nitrogens is 2. The monoisotopic (exact) mass is 681 g/mol. The molecular weight excluding hydrogens is 638 g/mol. The lowest BCUT2D eigenvalue weighted by Gasteiger charge is -2.13. The summed E-state index contributed by atoms with van der Waals surface area (Å²) in [6.07, 6.45) is 2.56. The molecule has 18 heteroatoms. The second-order valence-electron chi connectivity index (χ2n) is 9.78. The van der Waals surface area contributed by atoms with Crippen molar-refractivity contribution in [2.24, 2.45) is 0 Å². The number of nitrogens with one attached hydrogen (secondary N) is 2. The Bertz CT molecular complexity index is 1260. The van der Waals surface area contributed by atoms with Crippen molar-refractivity contribution in [3.8, 4) is 0 Å². The molecule has 3 rings (SSSR count). The Morgan fingerprint density at radius 1 is 0.583 bits per heavy atom. The number of fused-ring (bicyclic) bond motifs is 1. The van der Waals surface area contributed by atoms with Crippen molar-refractivity contribution in [1.82, 2.24) is 26.1 Å². The van der Waals surface area contributed by atoms with E-state index in [1.165, 1.54) is 18.2 Å². The number of nitrogens with zero attached hydrogens (tertiary/aromatic N) is 3. The molecule has 0 saturated carbocycles. The van der Waals surface area contributed by atoms with E-state index in [0.717, 1.165) is 4.90 Å². The quantitative estimate of drug-likeness (QED) is 0.0655. The second kappa shape index (κ2) is 24.3. The second-order valence-corrected chi connectivity index (χ2v) is 9.78. The number of benzene rings is 1. The van der Waals surface area contributed by atoms with Crippen LogP contribution in [0.1, 0.15) is 16.8 Å². The number of amides is 4. The van der Waals surface area contributed by atoms with Gasteiger partial charge in [-0.15, -0.1) is 0 Å². The van der Waals surface area contributed by atoms with Crippen LogP contribution in [0.3, 0.4) is 0 Å². The van der Waals surface area contributed by atoms with Gasteiger partial charge in [0.2, 0.25) is 5.91 Å². The molecule has 1 aromatic carbocycles. The smallest absolute Gasteiger partial charge is 0.269 e. The van der Waals surface area contributed by atoms with E-state index < -0.39 is 11.8 Å². The van der Waals surface area contributed by atoms with Crippen molar-refractivity contribution in [2.45, 2.75) is 6.42 Å². The van der Waals surface area contributed by atoms with Gasteiger partial charge < -0.3 is 37.9 Å². The van der Waals surface area contributed by atoms with Gasteiger partial charge in [0.25, 0.3) is 17.7 Å². The number of hydrazine groups is 1. The predicted molar refractivity (Wildman–Crippen MR) is 164 cm³/mol. The van der Waals surface area contributed by atoms with E-state index in [9.17, 15) is 19.2 Å². The van der Waals surface area contributed by atoms with E-state index >= 15 is 0 Å². The molecular formula is C30H43N5O13. The van der Waals surface area contributed by atoms with Gasteiger partial charge in [-0.05, 0) is 28.5 Å². The summed E-state index contributed by atoms with van der Waals surface area (Å²) in [7, 11) is 0. The van der Waals surface area contributed by atoms with Crippen molar-refractivity contribution in [3.63, 3.8) is 0 Å². The zero-order valence-corrected chi connectivity index (χ0v) is 26.8. The van der Waals surface area contributed by atoms with Crippen LogP contribution in [-0.2, 0) is 52.3 Å². The third-order valence-electron chi connectivity index (χ3n) is 6.27. The van der Waals surface area contributed by atoms with Crippen LogP contribution in [0, 0.1) is 0 Å². The normalized spacial score (nSPS) is 12.8. The van der Waals surface area contributed by atoms with Gasteiger partial charge >= 0.3 is 0 Å². The fraction of sp³-hybridized carbons (Fsp3) is 0.600. The molecule has 0 spiro atoms. The average molecular weight is 682 g/mol. The van der Waals surface area contributed by atoms with Gasteiger partial charge in [-0.3, -0.25) is 34.9 Å². The summed E-state index contributed by atoms with van der Waals surface area (Å²) in [5.74, 6) is -1.52. The predicted octanol–water partition coefficient (Wildman–Crippen LogP) is -0.568. The molecule has 0 bridgehead atoms. The van der Waals surface area contributed by atoms with E-state index in [0.29, 0.717) is 109 Å². The molecule has 0 fully saturated rings. The van der Waals surface area contributed by atoms with Gasteiger partial charge in [0.1, 0.15) is 11.0 Å². The minimum atomic E-state index is -0.492. The van der Waals surface area contributed by atoms with Crippen LogP contribution < -0.4 is 10.9 Å². The summed E-state index contributed by atoms with van der Waals surface area (Å²) in [6, 6.07) is 4.64. The Morgan fingerprint density at radius 3 is 1.52 bits per heavy atom. The summed E-state index contributed by atoms with van der Waals surface area (Å²) in [6.45, 7) is 6.41. The Hall–Kier alpha value is -3.88. The third kappa shape index (κ3) is 16.3. The van der Waals surface area contributed by atoms with E-state index in [4.69, 9.17) is 37.9 Å². The molecule has 0 radical (unpaired) electrons. The SMILES string of the molecule is O=C(CCOCCOCCOCCOCCOCCOCCOCCOCCN1C(=O)C=CC1=O)NNC(=O)c1ccc2nonc2c1. The summed E-state index contributed by atoms with van der Waals surface area (Å²) in [5.41, 5.74) is 5.93. The van der Waals surface area contributed by atoms with E-state index in [-0.39, 0.29) is 38.0 Å². The first kappa shape index (κ1) is 38.6. The van der Waals surface area contributed by atoms with Gasteiger partial charge in [-0.1, -0.05) is 0 Å². The lowest BCUT2D eigenvalue weighted by molar-refractivity contribution is -0.137. The Morgan fingerprint density at radius 2 is 1.02 bits per heavy atom. The first-order valence-corrected chi connectivity index (χ1v) is 15.5. The maximum atomic E-state index is 12.1. The van der Waals surface area contributed by atoms with Crippen molar-refractivity contribution in [1.29, 1.82) is 0 Å². The van der Waals surface area contributed by atoms with Gasteiger partial charge in [0.15, 0.2) is 0 Å². The van der Waals surface area contributed by atoms with Crippen molar-refractivity contribution >= 4 is 34.7 Å². The van der Waals surface area contributed by atoms with Gasteiger partial charge in [0, 0.05) is 17.7 Å². The van der Waals surface area contributed by atoms with Gasteiger partial charge in [0.05, 0.1) is 119 Å². The Kier molecular flexibility index (Phi) is 19.5. The van der Waals surface area contributed by atoms with Crippen LogP contribution in [-0.4, -0.2) is 151 Å². The molecule has 48 heavy (non-hydrogen) atoms. The highest BCUT2D eigenvalue weighted by Crippen LogP contribution is 2.11. The fourth-order valence-corrected chi connectivity index (χ4v) is 3.80. The molecule has 0 atom stereocenters. The number of ether oxygens (including phenoxy) is 8. The first-order valence-electron chi connectivity index (χ1n) is 15.5. The molecule has 1 aliphatic heterocycles. The average Bonchev–Trinajstić information content (AvgIpc) is 3.70. The largest absolute Gasteiger partial charge is 0.379 e. The zero-order chi connectivity index (χ0) is 34.1. The molecule has 2 aromatic rings. The number of hydrogen-bond acceptors (Lipinski definition) is 15. The number of rotatable bonds is 28. The molecule has 18 nitrogen and oxygen atoms in total. The van der Waals surface area contributed by atoms with Crippen molar-refractivity contribution in [3.05, 3.63) is 35.9 Å². The standard InChI is InChI=1S/C30H43N5O13/c36-27(31-32-30(39)24-1-2-25-26(23-24)34-48-33-25)5-7-40-9-11-42-13-15-44-17-19-46-21-22-47-20-18-45-16-14-43-12-10-41-8-6-35-28(37)3-4-29(35)38/h1-4,23H,5-22H2,(H,31,36)(H,32,39). The Labute approximate surface area is 277 Å². The zero-order valence-electron chi connectivity index (χ0n) is 26.8. The van der Waals surface area contributed by atoms with Gasteiger partial charge in [-0.2, -0.15) is 0 Å². The summed E-state index contributed by atoms with van der Waals surface area (Å²) >= 11 is 0. The van der Waals surface area contributed by atoms with Gasteiger partial charge in [-0.25, -0.2) is 4.63 Å². The number of imide groups is 1. The first-order chi connectivity index (χ1) is 23.5. The summed E-state index contributed by atoms with van der Waals surface area (Å²) in [5, 5.41) is 7.34. The number of carbonyl (C=O) groups excluding carboxylic acids is 4. The summed E-state index contributed by atoms with van der Waals surface area (Å²) < 4.78 is 47.9. The maximum Gasteiger partial charge on any atom is 0.269 e. The molecule has 0 aliphatic carbocycles. The minimum Gasteiger partial charge on any atom is -0.379 e. The third-order valence-corrected chi connectivity index (χ3v) is 6.27. The van der Waals surface area contributed by atoms with Crippen LogP contribution in [0.5, 0.6) is 0 Å². The van der Waals surface area contributed by atoms with Crippen LogP contribution in [0.25, 0.3) is 11.0 Å². The fourth-order valence-electron chi connectivity index (χ4n) is 3.80. The molecule has 266 valence electrons. The van der Waals surface area contributed by atoms with Crippen LogP contribution in [0.2, 0.25) is 0 Å². The lowest BCUT2D eigenvalue weighted by atomic mass is 10.2. The van der Waals surface area contributed by atoms with Crippen LogP contribution in [0.4, 0.5) is 0 Å². The molecule has 2 N–H and O–H groups in total. The topological polar surface area (TPSA) is 208 Å². The van der Waals surface area contributed by atoms with E-state index in [1.807, 2.05) is 0 Å². The molecule has 4 amide bonds. The highest BCUT2D eigenvalue weighted by atomic mass is 16.6. The molecule has 1 aromatic heterocycles. The lowest BCUT2D eigenvalue weighted by Crippen LogP contribution is -2.42. The molecule has 1 aliphatic rings. The van der Waals surface area contributed by atoms with Crippen LogP contribution in [0.15, 0.2) is 35.0 Å². The van der Waals surface area contributed by atoms with Crippen molar-refractivity contribution in [2.75, 3.05) is 112 Å². The Balaban J connectivity index is 0.955.